The van der Waals surface area contributed by atoms with Crippen molar-refractivity contribution in [1.29, 1.82) is 0 Å². The van der Waals surface area contributed by atoms with E-state index in [0.717, 1.165) is 44.2 Å². The zero-order valence-electron chi connectivity index (χ0n) is 10.7. The molecule has 0 amide bonds. The van der Waals surface area contributed by atoms with Crippen LogP contribution in [0.3, 0.4) is 0 Å². The summed E-state index contributed by atoms with van der Waals surface area (Å²) < 4.78 is 31.8. The summed E-state index contributed by atoms with van der Waals surface area (Å²) in [6.45, 7) is 1.87. The predicted octanol–water partition coefficient (Wildman–Crippen LogP) is 1.98. The Morgan fingerprint density at radius 2 is 1.95 bits per heavy atom. The van der Waals surface area contributed by atoms with E-state index in [0.29, 0.717) is 0 Å². The molecule has 2 rings (SSSR count). The zero-order valence-corrected chi connectivity index (χ0v) is 11.5. The third-order valence-electron chi connectivity index (χ3n) is 3.39. The van der Waals surface area contributed by atoms with Gasteiger partial charge in [0.25, 0.3) is 10.0 Å². The standard InChI is InChI=1S/C12H17NO5S/c1-12(7-3-2-4-8-12)13-19(16,17)10-6-5-9(18-10)11(14)15/h5-6,13H,2-4,7-8H2,1H3,(H,14,15). The molecule has 1 fully saturated rings. The molecule has 0 radical (unpaired) electrons. The summed E-state index contributed by atoms with van der Waals surface area (Å²) in [6.07, 6.45) is 4.63. The second-order valence-corrected chi connectivity index (χ2v) is 6.76. The summed E-state index contributed by atoms with van der Waals surface area (Å²) in [5.74, 6) is -1.67. The predicted molar refractivity (Wildman–Crippen MR) is 67.5 cm³/mol. The fourth-order valence-electron chi connectivity index (χ4n) is 2.39. The third-order valence-corrected chi connectivity index (χ3v) is 4.91. The fraction of sp³-hybridized carbons (Fsp3) is 0.583. The molecule has 0 spiro atoms. The third kappa shape index (κ3) is 3.16. The van der Waals surface area contributed by atoms with Crippen LogP contribution in [-0.4, -0.2) is 25.0 Å². The summed E-state index contributed by atoms with van der Waals surface area (Å²) in [6, 6.07) is 2.30. The van der Waals surface area contributed by atoms with Gasteiger partial charge < -0.3 is 9.52 Å². The van der Waals surface area contributed by atoms with Crippen LogP contribution in [0, 0.1) is 0 Å². The molecule has 0 saturated heterocycles. The second kappa shape index (κ2) is 4.97. The van der Waals surface area contributed by atoms with E-state index in [-0.39, 0.29) is 10.9 Å². The van der Waals surface area contributed by atoms with E-state index >= 15 is 0 Å². The van der Waals surface area contributed by atoms with Crippen LogP contribution in [-0.2, 0) is 10.0 Å². The van der Waals surface area contributed by atoms with Crippen molar-refractivity contribution in [2.45, 2.75) is 49.7 Å². The molecule has 1 aliphatic carbocycles. The summed E-state index contributed by atoms with van der Waals surface area (Å²) in [5, 5.41) is 8.38. The van der Waals surface area contributed by atoms with Crippen LogP contribution in [0.2, 0.25) is 0 Å². The molecule has 19 heavy (non-hydrogen) atoms. The molecule has 1 aromatic heterocycles. The number of nitrogens with one attached hydrogen (secondary N) is 1. The van der Waals surface area contributed by atoms with Crippen molar-refractivity contribution in [1.82, 2.24) is 4.72 Å². The van der Waals surface area contributed by atoms with Gasteiger partial charge in [-0.05, 0) is 31.9 Å². The van der Waals surface area contributed by atoms with E-state index in [1.165, 1.54) is 0 Å². The first-order valence-electron chi connectivity index (χ1n) is 6.20. The number of carbonyl (C=O) groups is 1. The van der Waals surface area contributed by atoms with Crippen LogP contribution < -0.4 is 4.72 Å². The first-order chi connectivity index (χ1) is 8.82. The van der Waals surface area contributed by atoms with Gasteiger partial charge in [-0.15, -0.1) is 0 Å². The van der Waals surface area contributed by atoms with Gasteiger partial charge in [-0.25, -0.2) is 17.9 Å². The van der Waals surface area contributed by atoms with Gasteiger partial charge in [0, 0.05) is 5.54 Å². The molecule has 106 valence electrons. The molecule has 0 bridgehead atoms. The second-order valence-electron chi connectivity index (χ2n) is 5.15. The Bertz CT molecular complexity index is 569. The van der Waals surface area contributed by atoms with E-state index in [1.54, 1.807) is 0 Å². The van der Waals surface area contributed by atoms with Crippen LogP contribution in [0.5, 0.6) is 0 Å². The maximum absolute atomic E-state index is 12.1. The van der Waals surface area contributed by atoms with Crippen molar-refractivity contribution in [3.63, 3.8) is 0 Å². The average molecular weight is 287 g/mol. The number of rotatable bonds is 4. The number of carboxylic acid groups (broad SMARTS) is 1. The lowest BCUT2D eigenvalue weighted by atomic mass is 9.84. The lowest BCUT2D eigenvalue weighted by Crippen LogP contribution is -2.46. The average Bonchev–Trinajstić information content (AvgIpc) is 2.78. The van der Waals surface area contributed by atoms with Crippen molar-refractivity contribution in [3.05, 3.63) is 17.9 Å². The highest BCUT2D eigenvalue weighted by Gasteiger charge is 2.33. The highest BCUT2D eigenvalue weighted by atomic mass is 32.2. The zero-order chi connectivity index (χ0) is 14.1. The highest BCUT2D eigenvalue weighted by Crippen LogP contribution is 2.29. The molecule has 0 aromatic carbocycles. The number of sulfonamides is 1. The van der Waals surface area contributed by atoms with E-state index in [4.69, 9.17) is 9.52 Å². The molecule has 6 nitrogen and oxygen atoms in total. The Morgan fingerprint density at radius 3 is 2.47 bits per heavy atom. The molecule has 0 atom stereocenters. The molecule has 7 heteroatoms. The van der Waals surface area contributed by atoms with E-state index in [2.05, 4.69) is 4.72 Å². The van der Waals surface area contributed by atoms with Gasteiger partial charge in [0.1, 0.15) is 0 Å². The molecule has 1 aliphatic rings. The van der Waals surface area contributed by atoms with Crippen molar-refractivity contribution in [2.24, 2.45) is 0 Å². The van der Waals surface area contributed by atoms with Crippen LogP contribution in [0.4, 0.5) is 0 Å². The lowest BCUT2D eigenvalue weighted by molar-refractivity contribution is 0.0656. The first kappa shape index (κ1) is 14.1. The van der Waals surface area contributed by atoms with Crippen molar-refractivity contribution < 1.29 is 22.7 Å². The van der Waals surface area contributed by atoms with Gasteiger partial charge in [0.15, 0.2) is 0 Å². The van der Waals surface area contributed by atoms with Gasteiger partial charge in [0.05, 0.1) is 0 Å². The molecular formula is C12H17NO5S. The monoisotopic (exact) mass is 287 g/mol. The number of hydrogen-bond donors (Lipinski definition) is 2. The fourth-order valence-corrected chi connectivity index (χ4v) is 3.79. The Kier molecular flexibility index (Phi) is 3.69. The van der Waals surface area contributed by atoms with Gasteiger partial charge in [-0.2, -0.15) is 0 Å². The Labute approximate surface area is 111 Å². The van der Waals surface area contributed by atoms with Gasteiger partial charge in [0.2, 0.25) is 10.9 Å². The highest BCUT2D eigenvalue weighted by molar-refractivity contribution is 7.89. The molecule has 1 saturated carbocycles. The first-order valence-corrected chi connectivity index (χ1v) is 7.68. The van der Waals surface area contributed by atoms with Crippen molar-refractivity contribution in [3.8, 4) is 0 Å². The minimum atomic E-state index is -3.81. The molecule has 1 aromatic rings. The maximum atomic E-state index is 12.1. The van der Waals surface area contributed by atoms with Crippen molar-refractivity contribution in [2.75, 3.05) is 0 Å². The normalized spacial score (nSPS) is 19.2. The summed E-state index contributed by atoms with van der Waals surface area (Å²) in [4.78, 5) is 10.7. The SMILES string of the molecule is CC1(NS(=O)(=O)c2ccc(C(=O)O)o2)CCCCC1. The van der Waals surface area contributed by atoms with Gasteiger partial charge in [-0.1, -0.05) is 19.3 Å². The largest absolute Gasteiger partial charge is 0.475 e. The van der Waals surface area contributed by atoms with Crippen LogP contribution in [0.1, 0.15) is 49.6 Å². The minimum absolute atomic E-state index is 0.350. The van der Waals surface area contributed by atoms with Crippen LogP contribution in [0.15, 0.2) is 21.6 Å². The number of hydrogen-bond acceptors (Lipinski definition) is 4. The lowest BCUT2D eigenvalue weighted by Gasteiger charge is -2.33. The Morgan fingerprint density at radius 1 is 1.32 bits per heavy atom. The molecular weight excluding hydrogens is 270 g/mol. The number of furan rings is 1. The summed E-state index contributed by atoms with van der Waals surface area (Å²) >= 11 is 0. The summed E-state index contributed by atoms with van der Waals surface area (Å²) in [5.41, 5.74) is -0.479. The molecule has 1 heterocycles. The smallest absolute Gasteiger partial charge is 0.371 e. The van der Waals surface area contributed by atoms with E-state index in [1.807, 2.05) is 6.92 Å². The van der Waals surface area contributed by atoms with Crippen molar-refractivity contribution >= 4 is 16.0 Å². The molecule has 0 aliphatic heterocycles. The van der Waals surface area contributed by atoms with Crippen LogP contribution in [0.25, 0.3) is 0 Å². The topological polar surface area (TPSA) is 96.6 Å². The summed E-state index contributed by atoms with van der Waals surface area (Å²) in [7, 11) is -3.81. The maximum Gasteiger partial charge on any atom is 0.371 e. The number of carboxylic acids is 1. The van der Waals surface area contributed by atoms with Gasteiger partial charge >= 0.3 is 5.97 Å². The Balaban J connectivity index is 2.19. The van der Waals surface area contributed by atoms with Crippen LogP contribution >= 0.6 is 0 Å². The van der Waals surface area contributed by atoms with Gasteiger partial charge in [-0.3, -0.25) is 0 Å². The Hall–Kier alpha value is -1.34. The minimum Gasteiger partial charge on any atom is -0.475 e. The van der Waals surface area contributed by atoms with E-state index < -0.39 is 21.5 Å². The molecule has 0 unspecified atom stereocenters. The molecule has 2 N–H and O–H groups in total. The quantitative estimate of drug-likeness (QED) is 0.882. The number of aromatic carboxylic acids is 1. The van der Waals surface area contributed by atoms with E-state index in [9.17, 15) is 13.2 Å².